The number of pyridine rings is 4. The maximum absolute atomic E-state index is 11.8. The molecule has 1 N–H and O–H groups in total. The number of ether oxygens (including phenoxy) is 1. The number of nitrogens with one attached hydrogen (secondary N) is 1. The molecular formula is C29H33N5O2. The van der Waals surface area contributed by atoms with E-state index in [1.54, 1.807) is 24.8 Å². The molecule has 0 bridgehead atoms. The molecule has 0 amide bonds. The molecule has 0 aliphatic heterocycles. The van der Waals surface area contributed by atoms with Crippen molar-refractivity contribution in [3.05, 3.63) is 120 Å². The summed E-state index contributed by atoms with van der Waals surface area (Å²) in [5, 5.41) is 3.29. The van der Waals surface area contributed by atoms with E-state index >= 15 is 0 Å². The van der Waals surface area contributed by atoms with Gasteiger partial charge >= 0.3 is 5.97 Å². The highest BCUT2D eigenvalue weighted by molar-refractivity contribution is 5.69. The molecule has 0 aromatic carbocycles. The minimum absolute atomic E-state index is 0.147. The zero-order valence-corrected chi connectivity index (χ0v) is 20.7. The van der Waals surface area contributed by atoms with Gasteiger partial charge < -0.3 is 10.1 Å². The Morgan fingerprint density at radius 2 is 1.11 bits per heavy atom. The van der Waals surface area contributed by atoms with E-state index in [9.17, 15) is 4.79 Å². The van der Waals surface area contributed by atoms with E-state index in [-0.39, 0.29) is 11.9 Å². The first-order valence-electron chi connectivity index (χ1n) is 12.2. The van der Waals surface area contributed by atoms with Crippen molar-refractivity contribution in [1.82, 2.24) is 25.3 Å². The van der Waals surface area contributed by atoms with E-state index in [4.69, 9.17) is 4.74 Å². The number of carbonyl (C=O) groups excluding carboxylic acids is 1. The summed E-state index contributed by atoms with van der Waals surface area (Å²) in [6, 6.07) is 23.5. The molecule has 4 aromatic rings. The van der Waals surface area contributed by atoms with Gasteiger partial charge in [0.25, 0.3) is 0 Å². The number of carbonyl (C=O) groups is 1. The first kappa shape index (κ1) is 26.6. The lowest BCUT2D eigenvalue weighted by molar-refractivity contribution is -0.144. The molecular weight excluding hydrogens is 450 g/mol. The highest BCUT2D eigenvalue weighted by Crippen LogP contribution is 2.16. The highest BCUT2D eigenvalue weighted by Gasteiger charge is 2.17. The molecule has 0 atom stereocenters. The summed E-state index contributed by atoms with van der Waals surface area (Å²) in [4.78, 5) is 28.9. The van der Waals surface area contributed by atoms with Crippen LogP contribution in [0.5, 0.6) is 0 Å². The van der Waals surface area contributed by atoms with Crippen molar-refractivity contribution in [2.24, 2.45) is 5.92 Å². The molecule has 0 spiro atoms. The molecule has 0 aliphatic carbocycles. The maximum atomic E-state index is 11.8. The van der Waals surface area contributed by atoms with Crippen LogP contribution >= 0.6 is 0 Å². The van der Waals surface area contributed by atoms with E-state index in [0.29, 0.717) is 13.0 Å². The van der Waals surface area contributed by atoms with Crippen LogP contribution < -0.4 is 5.32 Å². The van der Waals surface area contributed by atoms with Crippen LogP contribution in [0.3, 0.4) is 0 Å². The smallest absolute Gasteiger partial charge is 0.306 e. The number of aromatic nitrogens is 4. The van der Waals surface area contributed by atoms with E-state index in [0.717, 1.165) is 48.7 Å². The van der Waals surface area contributed by atoms with E-state index in [1.807, 2.05) is 79.7 Å². The molecule has 0 aliphatic rings. The van der Waals surface area contributed by atoms with E-state index in [1.165, 1.54) is 0 Å². The summed E-state index contributed by atoms with van der Waals surface area (Å²) in [5.41, 5.74) is 4.08. The average Bonchev–Trinajstić information content (AvgIpc) is 2.92. The Balaban J connectivity index is 0.000000212. The van der Waals surface area contributed by atoms with Crippen LogP contribution in [-0.2, 0) is 35.5 Å². The molecule has 4 rings (SSSR count). The number of rotatable bonds is 11. The van der Waals surface area contributed by atoms with Crippen LogP contribution in [-0.4, -0.2) is 32.5 Å². The molecule has 7 nitrogen and oxygen atoms in total. The summed E-state index contributed by atoms with van der Waals surface area (Å²) < 4.78 is 5.07. The minimum atomic E-state index is -0.158. The number of nitrogens with zero attached hydrogens (tertiary/aromatic N) is 4. The second-order valence-corrected chi connectivity index (χ2v) is 8.17. The Kier molecular flexibility index (Phi) is 11.7. The van der Waals surface area contributed by atoms with Crippen molar-refractivity contribution in [2.45, 2.75) is 39.3 Å². The Labute approximate surface area is 213 Å². The fraction of sp³-hybridized carbons (Fsp3) is 0.276. The van der Waals surface area contributed by atoms with Crippen LogP contribution in [0.4, 0.5) is 0 Å². The minimum Gasteiger partial charge on any atom is -0.466 e. The van der Waals surface area contributed by atoms with E-state index < -0.39 is 0 Å². The molecule has 36 heavy (non-hydrogen) atoms. The first-order valence-corrected chi connectivity index (χ1v) is 12.2. The molecule has 0 fully saturated rings. The molecule has 7 heteroatoms. The van der Waals surface area contributed by atoms with Crippen LogP contribution in [0.25, 0.3) is 0 Å². The second-order valence-electron chi connectivity index (χ2n) is 8.17. The Morgan fingerprint density at radius 1 is 0.694 bits per heavy atom. The predicted molar refractivity (Wildman–Crippen MR) is 140 cm³/mol. The molecule has 0 saturated heterocycles. The van der Waals surface area contributed by atoms with Gasteiger partial charge in [-0.15, -0.1) is 0 Å². The van der Waals surface area contributed by atoms with Gasteiger partial charge in [-0.25, -0.2) is 0 Å². The normalized spacial score (nSPS) is 10.4. The van der Waals surface area contributed by atoms with Crippen molar-refractivity contribution in [1.29, 1.82) is 0 Å². The highest BCUT2D eigenvalue weighted by atomic mass is 16.5. The summed E-state index contributed by atoms with van der Waals surface area (Å²) in [7, 11) is 0. The fourth-order valence-electron chi connectivity index (χ4n) is 3.63. The second kappa shape index (κ2) is 15.8. The molecule has 186 valence electrons. The monoisotopic (exact) mass is 483 g/mol. The predicted octanol–water partition coefficient (Wildman–Crippen LogP) is 4.60. The molecule has 0 unspecified atom stereocenters. The third-order valence-electron chi connectivity index (χ3n) is 5.27. The Morgan fingerprint density at radius 3 is 1.47 bits per heavy atom. The lowest BCUT2D eigenvalue weighted by atomic mass is 9.93. The van der Waals surface area contributed by atoms with Gasteiger partial charge in [0.2, 0.25) is 0 Å². The van der Waals surface area contributed by atoms with Gasteiger partial charge in [0.05, 0.1) is 18.0 Å². The van der Waals surface area contributed by atoms with Gasteiger partial charge in [0.15, 0.2) is 0 Å². The standard InChI is InChI=1S/C17H20N2O2.C12H13N3/c1-2-21-17(20)13-14(11-15-7-3-5-9-18-15)12-16-8-4-6-10-19-16;1-3-7-14-11(5-1)9-13-10-12-6-2-4-8-15-12/h3-10,14H,2,11-13H2,1H3;1-8,13H,9-10H2. The van der Waals surface area contributed by atoms with E-state index in [2.05, 4.69) is 25.3 Å². The zero-order chi connectivity index (χ0) is 25.3. The van der Waals surface area contributed by atoms with Crippen molar-refractivity contribution in [3.8, 4) is 0 Å². The van der Waals surface area contributed by atoms with Gasteiger partial charge in [-0.05, 0) is 74.2 Å². The molecule has 4 aromatic heterocycles. The van der Waals surface area contributed by atoms with Crippen molar-refractivity contribution < 1.29 is 9.53 Å². The number of esters is 1. The summed E-state index contributed by atoms with van der Waals surface area (Å²) in [5.74, 6) is -0.0109. The lowest BCUT2D eigenvalue weighted by Gasteiger charge is -2.15. The average molecular weight is 484 g/mol. The lowest BCUT2D eigenvalue weighted by Crippen LogP contribution is -2.17. The largest absolute Gasteiger partial charge is 0.466 e. The van der Waals surface area contributed by atoms with Gasteiger partial charge in [-0.2, -0.15) is 0 Å². The molecule has 0 radical (unpaired) electrons. The van der Waals surface area contributed by atoms with Gasteiger partial charge in [-0.1, -0.05) is 24.3 Å². The first-order chi connectivity index (χ1) is 17.7. The SMILES string of the molecule is CCOC(=O)CC(Cc1ccccn1)Cc1ccccn1.c1ccc(CNCc2ccccn2)nc1. The summed E-state index contributed by atoms with van der Waals surface area (Å²) in [6.07, 6.45) is 9.04. The topological polar surface area (TPSA) is 89.9 Å². The molecule has 4 heterocycles. The summed E-state index contributed by atoms with van der Waals surface area (Å²) in [6.45, 7) is 3.79. The number of hydrogen-bond acceptors (Lipinski definition) is 7. The Bertz CT molecular complexity index is 1030. The fourth-order valence-corrected chi connectivity index (χ4v) is 3.63. The van der Waals surface area contributed by atoms with Gasteiger partial charge in [0.1, 0.15) is 0 Å². The third-order valence-corrected chi connectivity index (χ3v) is 5.27. The Hall–Kier alpha value is -3.97. The van der Waals surface area contributed by atoms with Gasteiger partial charge in [-0.3, -0.25) is 24.7 Å². The van der Waals surface area contributed by atoms with Crippen LogP contribution in [0.15, 0.2) is 97.6 Å². The van der Waals surface area contributed by atoms with Crippen molar-refractivity contribution >= 4 is 5.97 Å². The molecule has 0 saturated carbocycles. The summed E-state index contributed by atoms with van der Waals surface area (Å²) >= 11 is 0. The maximum Gasteiger partial charge on any atom is 0.306 e. The van der Waals surface area contributed by atoms with Crippen molar-refractivity contribution in [3.63, 3.8) is 0 Å². The van der Waals surface area contributed by atoms with Crippen LogP contribution in [0.2, 0.25) is 0 Å². The van der Waals surface area contributed by atoms with Crippen LogP contribution in [0, 0.1) is 5.92 Å². The van der Waals surface area contributed by atoms with Crippen LogP contribution in [0.1, 0.15) is 36.1 Å². The number of hydrogen-bond donors (Lipinski definition) is 1. The zero-order valence-electron chi connectivity index (χ0n) is 20.7. The quantitative estimate of drug-likeness (QED) is 0.312. The third kappa shape index (κ3) is 10.5. The van der Waals surface area contributed by atoms with Crippen molar-refractivity contribution in [2.75, 3.05) is 6.61 Å². The van der Waals surface area contributed by atoms with Gasteiger partial charge in [0, 0.05) is 55.7 Å².